The standard InChI is InChI=1S/C18H19F2NOS/c1-2-21(13-14-6-5-7-15(19)12-14)18(22)10-11-23-17-9-4-3-8-16(17)20/h3-9,12H,2,10-11,13H2,1H3. The van der Waals surface area contributed by atoms with Gasteiger partial charge in [-0.2, -0.15) is 0 Å². The van der Waals surface area contributed by atoms with Crippen molar-refractivity contribution in [2.75, 3.05) is 12.3 Å². The summed E-state index contributed by atoms with van der Waals surface area (Å²) >= 11 is 1.33. The third-order valence-electron chi connectivity index (χ3n) is 3.41. The highest BCUT2D eigenvalue weighted by atomic mass is 32.2. The van der Waals surface area contributed by atoms with Gasteiger partial charge in [-0.1, -0.05) is 24.3 Å². The molecule has 0 fully saturated rings. The zero-order valence-electron chi connectivity index (χ0n) is 13.0. The van der Waals surface area contributed by atoms with Crippen molar-refractivity contribution in [1.29, 1.82) is 0 Å². The molecule has 0 unspecified atom stereocenters. The molecule has 0 saturated heterocycles. The van der Waals surface area contributed by atoms with Crippen LogP contribution in [0.1, 0.15) is 18.9 Å². The number of hydrogen-bond acceptors (Lipinski definition) is 2. The predicted octanol–water partition coefficient (Wildman–Crippen LogP) is 4.50. The number of halogens is 2. The number of amides is 1. The van der Waals surface area contributed by atoms with Gasteiger partial charge in [-0.05, 0) is 36.8 Å². The van der Waals surface area contributed by atoms with E-state index in [9.17, 15) is 13.6 Å². The molecule has 5 heteroatoms. The summed E-state index contributed by atoms with van der Waals surface area (Å²) in [6.45, 7) is 2.83. The first-order chi connectivity index (χ1) is 11.1. The topological polar surface area (TPSA) is 20.3 Å². The summed E-state index contributed by atoms with van der Waals surface area (Å²) in [5.41, 5.74) is 0.766. The van der Waals surface area contributed by atoms with E-state index in [0.29, 0.717) is 30.2 Å². The monoisotopic (exact) mass is 335 g/mol. The molecule has 0 radical (unpaired) electrons. The van der Waals surface area contributed by atoms with Gasteiger partial charge in [0.05, 0.1) is 0 Å². The summed E-state index contributed by atoms with van der Waals surface area (Å²) in [4.78, 5) is 14.5. The lowest BCUT2D eigenvalue weighted by atomic mass is 10.2. The van der Waals surface area contributed by atoms with Crippen LogP contribution in [0.25, 0.3) is 0 Å². The highest BCUT2D eigenvalue weighted by Gasteiger charge is 2.13. The third-order valence-corrected chi connectivity index (χ3v) is 4.46. The van der Waals surface area contributed by atoms with E-state index < -0.39 is 0 Å². The van der Waals surface area contributed by atoms with E-state index >= 15 is 0 Å². The number of benzene rings is 2. The maximum Gasteiger partial charge on any atom is 0.223 e. The Labute approximate surface area is 139 Å². The Morgan fingerprint density at radius 2 is 1.91 bits per heavy atom. The van der Waals surface area contributed by atoms with Crippen LogP contribution in [0.15, 0.2) is 53.4 Å². The quantitative estimate of drug-likeness (QED) is 0.695. The number of carbonyl (C=O) groups is 1. The van der Waals surface area contributed by atoms with Crippen LogP contribution in [0.3, 0.4) is 0 Å². The minimum absolute atomic E-state index is 0.0133. The molecule has 0 spiro atoms. The molecule has 0 heterocycles. The van der Waals surface area contributed by atoms with Gasteiger partial charge in [-0.25, -0.2) is 8.78 Å². The first kappa shape index (κ1) is 17.5. The van der Waals surface area contributed by atoms with E-state index in [1.54, 1.807) is 35.2 Å². The van der Waals surface area contributed by atoms with Gasteiger partial charge in [0, 0.05) is 30.2 Å². The van der Waals surface area contributed by atoms with Crippen molar-refractivity contribution in [1.82, 2.24) is 4.90 Å². The van der Waals surface area contributed by atoms with Crippen molar-refractivity contribution in [2.45, 2.75) is 24.8 Å². The van der Waals surface area contributed by atoms with Crippen LogP contribution in [-0.2, 0) is 11.3 Å². The second-order valence-electron chi connectivity index (χ2n) is 5.07. The molecule has 0 bridgehead atoms. The van der Waals surface area contributed by atoms with Gasteiger partial charge in [0.15, 0.2) is 0 Å². The van der Waals surface area contributed by atoms with Gasteiger partial charge in [0.25, 0.3) is 0 Å². The number of thioether (sulfide) groups is 1. The first-order valence-corrected chi connectivity index (χ1v) is 8.48. The maximum absolute atomic E-state index is 13.5. The molecule has 0 aliphatic heterocycles. The van der Waals surface area contributed by atoms with Gasteiger partial charge in [-0.3, -0.25) is 4.79 Å². The van der Waals surface area contributed by atoms with Crippen molar-refractivity contribution in [3.05, 3.63) is 65.7 Å². The van der Waals surface area contributed by atoms with Crippen molar-refractivity contribution < 1.29 is 13.6 Å². The molecule has 122 valence electrons. The Bertz CT molecular complexity index is 663. The van der Waals surface area contributed by atoms with Crippen molar-refractivity contribution in [3.63, 3.8) is 0 Å². The van der Waals surface area contributed by atoms with Crippen LogP contribution in [0.5, 0.6) is 0 Å². The molecule has 0 aliphatic rings. The van der Waals surface area contributed by atoms with E-state index in [2.05, 4.69) is 0 Å². The molecule has 0 aliphatic carbocycles. The van der Waals surface area contributed by atoms with E-state index in [4.69, 9.17) is 0 Å². The Morgan fingerprint density at radius 3 is 2.61 bits per heavy atom. The summed E-state index contributed by atoms with van der Waals surface area (Å²) < 4.78 is 26.7. The Kier molecular flexibility index (Phi) is 6.59. The van der Waals surface area contributed by atoms with E-state index in [0.717, 1.165) is 5.56 Å². The molecule has 2 aromatic rings. The zero-order chi connectivity index (χ0) is 16.7. The number of rotatable bonds is 7. The molecule has 0 saturated carbocycles. The molecular formula is C18H19F2NOS. The fourth-order valence-corrected chi connectivity index (χ4v) is 3.08. The molecule has 2 nitrogen and oxygen atoms in total. The largest absolute Gasteiger partial charge is 0.339 e. The minimum Gasteiger partial charge on any atom is -0.339 e. The summed E-state index contributed by atoms with van der Waals surface area (Å²) in [6, 6.07) is 12.8. The molecule has 2 aromatic carbocycles. The lowest BCUT2D eigenvalue weighted by molar-refractivity contribution is -0.131. The van der Waals surface area contributed by atoms with Crippen molar-refractivity contribution >= 4 is 17.7 Å². The third kappa shape index (κ3) is 5.36. The SMILES string of the molecule is CCN(Cc1cccc(F)c1)C(=O)CCSc1ccccc1F. The molecule has 0 aromatic heterocycles. The average Bonchev–Trinajstić information content (AvgIpc) is 2.54. The number of hydrogen-bond donors (Lipinski definition) is 0. The predicted molar refractivity (Wildman–Crippen MR) is 89.2 cm³/mol. The first-order valence-electron chi connectivity index (χ1n) is 7.49. The van der Waals surface area contributed by atoms with Crippen LogP contribution < -0.4 is 0 Å². The molecule has 1 amide bonds. The minimum atomic E-state index is -0.305. The van der Waals surface area contributed by atoms with Gasteiger partial charge >= 0.3 is 0 Å². The van der Waals surface area contributed by atoms with Crippen molar-refractivity contribution in [2.24, 2.45) is 0 Å². The number of carbonyl (C=O) groups excluding carboxylic acids is 1. The lowest BCUT2D eigenvalue weighted by Crippen LogP contribution is -2.30. The van der Waals surface area contributed by atoms with Crippen molar-refractivity contribution in [3.8, 4) is 0 Å². The smallest absolute Gasteiger partial charge is 0.223 e. The van der Waals surface area contributed by atoms with Crippen LogP contribution in [0.2, 0.25) is 0 Å². The maximum atomic E-state index is 13.5. The Balaban J connectivity index is 1.86. The second-order valence-corrected chi connectivity index (χ2v) is 6.20. The molecule has 2 rings (SSSR count). The van der Waals surface area contributed by atoms with E-state index in [1.807, 2.05) is 6.92 Å². The molecule has 0 N–H and O–H groups in total. The van der Waals surface area contributed by atoms with Gasteiger partial charge in [0.2, 0.25) is 5.91 Å². The van der Waals surface area contributed by atoms with Gasteiger partial charge < -0.3 is 4.90 Å². The van der Waals surface area contributed by atoms with E-state index in [1.165, 1.54) is 30.0 Å². The van der Waals surface area contributed by atoms with Crippen LogP contribution in [-0.4, -0.2) is 23.1 Å². The molecular weight excluding hydrogens is 316 g/mol. The summed E-state index contributed by atoms with van der Waals surface area (Å²) in [7, 11) is 0. The second kappa shape index (κ2) is 8.67. The fraction of sp³-hybridized carbons (Fsp3) is 0.278. The highest BCUT2D eigenvalue weighted by Crippen LogP contribution is 2.22. The van der Waals surface area contributed by atoms with E-state index in [-0.39, 0.29) is 17.5 Å². The highest BCUT2D eigenvalue weighted by molar-refractivity contribution is 7.99. The normalized spacial score (nSPS) is 10.6. The molecule has 23 heavy (non-hydrogen) atoms. The Hall–Kier alpha value is -1.88. The summed E-state index contributed by atoms with van der Waals surface area (Å²) in [5, 5.41) is 0. The van der Waals surface area contributed by atoms with Crippen LogP contribution in [0.4, 0.5) is 8.78 Å². The fourth-order valence-electron chi connectivity index (χ4n) is 2.20. The van der Waals surface area contributed by atoms with Crippen LogP contribution >= 0.6 is 11.8 Å². The van der Waals surface area contributed by atoms with Crippen LogP contribution in [0, 0.1) is 11.6 Å². The summed E-state index contributed by atoms with van der Waals surface area (Å²) in [5.74, 6) is -0.0712. The van der Waals surface area contributed by atoms with Gasteiger partial charge in [0.1, 0.15) is 11.6 Å². The number of nitrogens with zero attached hydrogens (tertiary/aromatic N) is 1. The Morgan fingerprint density at radius 1 is 1.13 bits per heavy atom. The lowest BCUT2D eigenvalue weighted by Gasteiger charge is -2.21. The summed E-state index contributed by atoms with van der Waals surface area (Å²) in [6.07, 6.45) is 0.322. The average molecular weight is 335 g/mol. The molecule has 0 atom stereocenters. The zero-order valence-corrected chi connectivity index (χ0v) is 13.8. The van der Waals surface area contributed by atoms with Gasteiger partial charge in [-0.15, -0.1) is 11.8 Å².